The molecule has 178 valence electrons. The Balaban J connectivity index is 1.67. The number of halogens is 6. The monoisotopic (exact) mass is 530 g/mol. The molecule has 7 nitrogen and oxygen atoms in total. The first-order valence-electron chi connectivity index (χ1n) is 9.79. The lowest BCUT2D eigenvalue weighted by Crippen LogP contribution is -2.16. The number of alkyl halides is 3. The summed E-state index contributed by atoms with van der Waals surface area (Å²) in [6.45, 7) is 5.18. The molecular weight excluding hydrogens is 516 g/mol. The first-order chi connectivity index (χ1) is 15.9. The van der Waals surface area contributed by atoms with Crippen molar-refractivity contribution >= 4 is 52.0 Å². The van der Waals surface area contributed by atoms with E-state index in [9.17, 15) is 18.0 Å². The molecule has 0 atom stereocenters. The van der Waals surface area contributed by atoms with E-state index in [4.69, 9.17) is 34.8 Å². The molecule has 0 unspecified atom stereocenters. The molecule has 0 fully saturated rings. The van der Waals surface area contributed by atoms with Gasteiger partial charge in [-0.15, -0.1) is 0 Å². The van der Waals surface area contributed by atoms with Crippen molar-refractivity contribution < 1.29 is 18.0 Å². The minimum atomic E-state index is -4.71. The van der Waals surface area contributed by atoms with Crippen molar-refractivity contribution in [2.24, 2.45) is 0 Å². The van der Waals surface area contributed by atoms with Crippen molar-refractivity contribution in [2.45, 2.75) is 33.5 Å². The highest BCUT2D eigenvalue weighted by Gasteiger charge is 2.36. The molecule has 4 aromatic rings. The van der Waals surface area contributed by atoms with Crippen molar-refractivity contribution in [3.8, 4) is 0 Å². The molecule has 0 aliphatic rings. The normalized spacial score (nSPS) is 11.9. The maximum atomic E-state index is 13.5. The summed E-state index contributed by atoms with van der Waals surface area (Å²) in [6.07, 6.45) is -4.71. The first-order valence-corrected chi connectivity index (χ1v) is 10.9. The summed E-state index contributed by atoms with van der Waals surface area (Å²) in [6, 6.07) is 6.01. The number of amides is 1. The molecule has 0 bridgehead atoms. The van der Waals surface area contributed by atoms with Gasteiger partial charge in [0.1, 0.15) is 10.7 Å². The Hall–Kier alpha value is -2.82. The van der Waals surface area contributed by atoms with Crippen LogP contribution in [0.1, 0.15) is 38.8 Å². The number of benzene rings is 1. The van der Waals surface area contributed by atoms with Gasteiger partial charge in [0, 0.05) is 5.69 Å². The highest BCUT2D eigenvalue weighted by Crippen LogP contribution is 2.33. The Labute approximate surface area is 206 Å². The number of nitrogens with zero attached hydrogens (tertiary/aromatic N) is 5. The number of anilines is 1. The summed E-state index contributed by atoms with van der Waals surface area (Å²) in [5.41, 5.74) is 0.684. The van der Waals surface area contributed by atoms with E-state index in [2.05, 4.69) is 20.5 Å². The van der Waals surface area contributed by atoms with Gasteiger partial charge >= 0.3 is 6.18 Å². The van der Waals surface area contributed by atoms with Crippen LogP contribution in [0.15, 0.2) is 24.3 Å². The Bertz CT molecular complexity index is 1440. The van der Waals surface area contributed by atoms with E-state index in [1.807, 2.05) is 0 Å². The van der Waals surface area contributed by atoms with Crippen LogP contribution in [0, 0.1) is 20.8 Å². The quantitative estimate of drug-likeness (QED) is 0.344. The number of aryl methyl sites for hydroxylation is 2. The van der Waals surface area contributed by atoms with Gasteiger partial charge in [0.15, 0.2) is 11.3 Å². The predicted octanol–water partition coefficient (Wildman–Crippen LogP) is 6.13. The summed E-state index contributed by atoms with van der Waals surface area (Å²) < 4.78 is 42.6. The summed E-state index contributed by atoms with van der Waals surface area (Å²) >= 11 is 18.2. The van der Waals surface area contributed by atoms with Crippen LogP contribution in [0.5, 0.6) is 0 Å². The molecule has 1 amide bonds. The second-order valence-corrected chi connectivity index (χ2v) is 8.78. The molecule has 34 heavy (non-hydrogen) atoms. The predicted molar refractivity (Wildman–Crippen MR) is 123 cm³/mol. The van der Waals surface area contributed by atoms with E-state index >= 15 is 0 Å². The number of hydrogen-bond donors (Lipinski definition) is 1. The Morgan fingerprint density at radius 1 is 1.06 bits per heavy atom. The van der Waals surface area contributed by atoms with Crippen LogP contribution in [-0.2, 0) is 12.7 Å². The number of carbonyl (C=O) groups excluding carboxylic acids is 1. The van der Waals surface area contributed by atoms with E-state index in [0.717, 1.165) is 11.6 Å². The van der Waals surface area contributed by atoms with E-state index in [-0.39, 0.29) is 22.1 Å². The first kappa shape index (κ1) is 24.3. The van der Waals surface area contributed by atoms with Crippen LogP contribution >= 0.6 is 34.8 Å². The zero-order valence-corrected chi connectivity index (χ0v) is 20.2. The number of hydrogen-bond acceptors (Lipinski definition) is 4. The van der Waals surface area contributed by atoms with Crippen molar-refractivity contribution in [1.29, 1.82) is 0 Å². The molecule has 1 N–H and O–H groups in total. The number of fused-ring (bicyclic) bond motifs is 1. The molecule has 0 saturated heterocycles. The van der Waals surface area contributed by atoms with E-state index in [1.165, 1.54) is 6.92 Å². The van der Waals surface area contributed by atoms with Gasteiger partial charge in [-0.1, -0.05) is 40.9 Å². The van der Waals surface area contributed by atoms with E-state index in [0.29, 0.717) is 38.2 Å². The number of aromatic nitrogens is 5. The lowest BCUT2D eigenvalue weighted by molar-refractivity contribution is -0.142. The molecule has 4 rings (SSSR count). The fourth-order valence-electron chi connectivity index (χ4n) is 3.48. The Morgan fingerprint density at radius 3 is 2.41 bits per heavy atom. The third kappa shape index (κ3) is 4.45. The molecule has 3 heterocycles. The Kier molecular flexibility index (Phi) is 6.26. The van der Waals surface area contributed by atoms with Crippen LogP contribution in [0.2, 0.25) is 15.1 Å². The number of nitrogens with one attached hydrogen (secondary N) is 1. The molecule has 0 saturated carbocycles. The van der Waals surface area contributed by atoms with Crippen molar-refractivity contribution in [2.75, 3.05) is 5.32 Å². The van der Waals surface area contributed by atoms with Crippen LogP contribution in [0.3, 0.4) is 0 Å². The van der Waals surface area contributed by atoms with Crippen LogP contribution in [0.25, 0.3) is 5.65 Å². The smallest absolute Gasteiger partial charge is 0.317 e. The molecular formula is C21H16Cl3F3N6O. The number of carbonyl (C=O) groups is 1. The standard InChI is InChI=1S/C21H16Cl3F3N6O/c1-9-6-15(21(25,26)27)33-19(28-9)16(24)18(31-33)20(34)29-17-10(2)30-32(11(17)3)8-12-4-5-13(22)14(23)7-12/h4-7H,8H2,1-3H3,(H,29,34). The van der Waals surface area contributed by atoms with Gasteiger partial charge in [0.05, 0.1) is 33.7 Å². The van der Waals surface area contributed by atoms with E-state index in [1.54, 1.807) is 36.7 Å². The van der Waals surface area contributed by atoms with Crippen LogP contribution < -0.4 is 5.32 Å². The van der Waals surface area contributed by atoms with E-state index < -0.39 is 17.8 Å². The number of rotatable bonds is 4. The average Bonchev–Trinajstić information content (AvgIpc) is 3.21. The fourth-order valence-corrected chi connectivity index (χ4v) is 4.04. The molecule has 3 aromatic heterocycles. The molecule has 13 heteroatoms. The zero-order chi connectivity index (χ0) is 24.9. The van der Waals surface area contributed by atoms with Crippen molar-refractivity contribution in [3.63, 3.8) is 0 Å². The van der Waals surface area contributed by atoms with Crippen LogP contribution in [-0.4, -0.2) is 30.3 Å². The topological polar surface area (TPSA) is 77.1 Å². The zero-order valence-electron chi connectivity index (χ0n) is 17.9. The summed E-state index contributed by atoms with van der Waals surface area (Å²) in [4.78, 5) is 17.0. The third-order valence-electron chi connectivity index (χ3n) is 5.10. The highest BCUT2D eigenvalue weighted by molar-refractivity contribution is 6.42. The molecule has 0 aliphatic heterocycles. The van der Waals surface area contributed by atoms with Crippen LogP contribution in [0.4, 0.5) is 18.9 Å². The van der Waals surface area contributed by atoms with Gasteiger partial charge in [-0.05, 0) is 44.5 Å². The molecule has 0 spiro atoms. The minimum Gasteiger partial charge on any atom is -0.317 e. The Morgan fingerprint density at radius 2 is 1.76 bits per heavy atom. The summed E-state index contributed by atoms with van der Waals surface area (Å²) in [5, 5.41) is 11.4. The second kappa shape index (κ2) is 8.75. The summed E-state index contributed by atoms with van der Waals surface area (Å²) in [5.74, 6) is -0.790. The lowest BCUT2D eigenvalue weighted by atomic mass is 10.2. The SMILES string of the molecule is Cc1cc(C(F)(F)F)n2nc(C(=O)Nc3c(C)nn(Cc4ccc(Cl)c(Cl)c4)c3C)c(Cl)c2n1. The van der Waals surface area contributed by atoms with Gasteiger partial charge in [-0.2, -0.15) is 23.4 Å². The maximum Gasteiger partial charge on any atom is 0.433 e. The van der Waals surface area contributed by atoms with Crippen molar-refractivity contribution in [3.05, 3.63) is 73.4 Å². The van der Waals surface area contributed by atoms with Gasteiger partial charge < -0.3 is 5.32 Å². The van der Waals surface area contributed by atoms with Gasteiger partial charge in [0.25, 0.3) is 5.91 Å². The van der Waals surface area contributed by atoms with Gasteiger partial charge in [-0.25, -0.2) is 9.50 Å². The molecule has 1 aromatic carbocycles. The third-order valence-corrected chi connectivity index (χ3v) is 6.19. The maximum absolute atomic E-state index is 13.5. The largest absolute Gasteiger partial charge is 0.433 e. The fraction of sp³-hybridized carbons (Fsp3) is 0.238. The second-order valence-electron chi connectivity index (χ2n) is 7.58. The minimum absolute atomic E-state index is 0.0869. The molecule has 0 radical (unpaired) electrons. The highest BCUT2D eigenvalue weighted by atomic mass is 35.5. The van der Waals surface area contributed by atoms with Gasteiger partial charge in [0.2, 0.25) is 0 Å². The summed E-state index contributed by atoms with van der Waals surface area (Å²) in [7, 11) is 0. The van der Waals surface area contributed by atoms with Gasteiger partial charge in [-0.3, -0.25) is 9.48 Å². The lowest BCUT2D eigenvalue weighted by Gasteiger charge is -2.09. The molecule has 0 aliphatic carbocycles. The average molecular weight is 532 g/mol. The van der Waals surface area contributed by atoms with Crippen molar-refractivity contribution in [1.82, 2.24) is 24.4 Å².